The number of benzene rings is 3. The van der Waals surface area contributed by atoms with Crippen molar-refractivity contribution in [1.82, 2.24) is 16.0 Å². The molecule has 0 spiro atoms. The van der Waals surface area contributed by atoms with Crippen molar-refractivity contribution in [2.24, 2.45) is 5.92 Å². The molecular formula is C49H65N3O20. The summed E-state index contributed by atoms with van der Waals surface area (Å²) in [5, 5.41) is 96.8. The van der Waals surface area contributed by atoms with Gasteiger partial charge in [-0.25, -0.2) is 14.4 Å². The maximum absolute atomic E-state index is 13.2. The summed E-state index contributed by atoms with van der Waals surface area (Å²) < 4.78 is 53.1. The SMILES string of the molecule is CC[C@@H]1O[C@H](O[C@H]2[C@@H](O)[C@H](O[C@H]3[C@H](O[C@H]4O[C@H](CO)[C@@H](O)[C@H](O)[C@H]4NC(=O)OCc4ccccc4)[C@@H](C)CC(NC(=O)OCc4ccccc4)[C@@H]3O)O[C@@H]2CO)[C@H](NC(=O)OCc2ccccc2)[C@@H](O)[C@@H]1O. The topological polar surface area (TPSA) is 332 Å². The van der Waals surface area contributed by atoms with Gasteiger partial charge in [-0.3, -0.25) is 0 Å². The highest BCUT2D eigenvalue weighted by molar-refractivity contribution is 5.68. The van der Waals surface area contributed by atoms with Gasteiger partial charge < -0.3 is 99.4 Å². The van der Waals surface area contributed by atoms with E-state index in [-0.39, 0.29) is 32.7 Å². The number of hydrogen-bond acceptors (Lipinski definition) is 20. The Labute approximate surface area is 414 Å². The van der Waals surface area contributed by atoms with Crippen LogP contribution in [-0.2, 0) is 62.5 Å². The fraction of sp³-hybridized carbons (Fsp3) is 0.571. The maximum atomic E-state index is 13.2. The van der Waals surface area contributed by atoms with E-state index in [0.29, 0.717) is 16.7 Å². The lowest BCUT2D eigenvalue weighted by molar-refractivity contribution is -0.318. The van der Waals surface area contributed by atoms with Gasteiger partial charge in [0.15, 0.2) is 18.9 Å². The molecule has 23 heteroatoms. The quantitative estimate of drug-likeness (QED) is 0.0735. The molecule has 1 saturated carbocycles. The van der Waals surface area contributed by atoms with Crippen LogP contribution in [0.2, 0.25) is 0 Å². The van der Waals surface area contributed by atoms with Crippen LogP contribution < -0.4 is 16.0 Å². The summed E-state index contributed by atoms with van der Waals surface area (Å²) in [6.07, 6.45) is -26.3. The van der Waals surface area contributed by atoms with Crippen molar-refractivity contribution in [1.29, 1.82) is 0 Å². The lowest BCUT2D eigenvalue weighted by Gasteiger charge is -2.48. The van der Waals surface area contributed by atoms with Crippen molar-refractivity contribution < 1.29 is 97.9 Å². The minimum atomic E-state index is -1.83. The number of alkyl carbamates (subject to hydrolysis) is 3. The van der Waals surface area contributed by atoms with Crippen LogP contribution in [0.4, 0.5) is 14.4 Å². The van der Waals surface area contributed by atoms with E-state index in [1.807, 2.05) is 0 Å². The van der Waals surface area contributed by atoms with E-state index in [4.69, 9.17) is 42.6 Å². The van der Waals surface area contributed by atoms with Gasteiger partial charge in [0.2, 0.25) is 0 Å². The van der Waals surface area contributed by atoms with E-state index in [1.54, 1.807) is 105 Å². The van der Waals surface area contributed by atoms with Gasteiger partial charge in [-0.1, -0.05) is 105 Å². The first-order chi connectivity index (χ1) is 34.7. The van der Waals surface area contributed by atoms with Crippen LogP contribution >= 0.6 is 0 Å². The third kappa shape index (κ3) is 13.5. The molecule has 3 aromatic rings. The molecular weight excluding hydrogens is 951 g/mol. The van der Waals surface area contributed by atoms with Gasteiger partial charge in [-0.05, 0) is 35.4 Å². The molecule has 3 aliphatic heterocycles. The molecule has 23 nitrogen and oxygen atoms in total. The molecule has 72 heavy (non-hydrogen) atoms. The highest BCUT2D eigenvalue weighted by Gasteiger charge is 2.56. The first-order valence-corrected chi connectivity index (χ1v) is 23.8. The van der Waals surface area contributed by atoms with Crippen molar-refractivity contribution in [2.45, 2.75) is 157 Å². The Bertz CT molecular complexity index is 2150. The molecule has 1 aliphatic carbocycles. The van der Waals surface area contributed by atoms with Crippen molar-refractivity contribution in [3.8, 4) is 0 Å². The summed E-state index contributed by atoms with van der Waals surface area (Å²) >= 11 is 0. The number of hydrogen-bond donors (Lipinski definition) is 11. The Morgan fingerprint density at radius 1 is 0.500 bits per heavy atom. The zero-order valence-corrected chi connectivity index (χ0v) is 39.6. The second-order valence-corrected chi connectivity index (χ2v) is 18.1. The molecule has 19 atom stereocenters. The minimum absolute atomic E-state index is 0.00227. The van der Waals surface area contributed by atoms with E-state index < -0.39 is 148 Å². The van der Waals surface area contributed by atoms with E-state index in [0.717, 1.165) is 0 Å². The summed E-state index contributed by atoms with van der Waals surface area (Å²) in [4.78, 5) is 39.5. The number of rotatable bonds is 18. The zero-order valence-electron chi connectivity index (χ0n) is 39.6. The standard InChI is InChI=1S/C49H65N3O20/c1-3-30-36(56)38(58)33(51-48(62)65-23-27-15-9-5-10-16-27)44(67-30)71-42-32(21-54)69-46(40(42)60)72-43-35(55)29(50-47(61)64-22-26-13-7-4-8-14-26)19-25(2)41(43)70-45-34(39(59)37(57)31(20-53)68-45)52-49(63)66-24-28-17-11-6-12-18-28/h4-18,25,29-46,53-60H,3,19-24H2,1-2H3,(H,50,61)(H,51,62)(H,52,63)/t25-,29?,30-,31+,32+,33+,34+,35-,36+,37+,38+,39+,40+,41+,42+,43+,44+,45+,46-/m0/s1. The highest BCUT2D eigenvalue weighted by atomic mass is 16.8. The van der Waals surface area contributed by atoms with Crippen molar-refractivity contribution in [2.75, 3.05) is 13.2 Å². The van der Waals surface area contributed by atoms with E-state index in [2.05, 4.69) is 16.0 Å². The van der Waals surface area contributed by atoms with Gasteiger partial charge in [-0.15, -0.1) is 0 Å². The van der Waals surface area contributed by atoms with Crippen LogP contribution in [0.3, 0.4) is 0 Å². The predicted octanol–water partition coefficient (Wildman–Crippen LogP) is -0.198. The number of aliphatic hydroxyl groups excluding tert-OH is 8. The normalized spacial score (nSPS) is 35.7. The zero-order chi connectivity index (χ0) is 51.5. The molecule has 0 aromatic heterocycles. The predicted molar refractivity (Wildman–Crippen MR) is 246 cm³/mol. The van der Waals surface area contributed by atoms with Crippen LogP contribution in [0.1, 0.15) is 43.4 Å². The molecule has 3 heterocycles. The van der Waals surface area contributed by atoms with Gasteiger partial charge >= 0.3 is 18.3 Å². The summed E-state index contributed by atoms with van der Waals surface area (Å²) in [6.45, 7) is 1.36. The van der Waals surface area contributed by atoms with Crippen LogP contribution in [0, 0.1) is 5.92 Å². The molecule has 0 bridgehead atoms. The van der Waals surface area contributed by atoms with Crippen LogP contribution in [0.5, 0.6) is 0 Å². The Morgan fingerprint density at radius 3 is 1.36 bits per heavy atom. The second kappa shape index (κ2) is 25.7. The summed E-state index contributed by atoms with van der Waals surface area (Å²) in [6, 6.07) is 22.2. The van der Waals surface area contributed by atoms with E-state index in [9.17, 15) is 55.2 Å². The average Bonchev–Trinajstić information content (AvgIpc) is 3.69. The number of amides is 3. The van der Waals surface area contributed by atoms with Crippen LogP contribution in [-0.4, -0.2) is 183 Å². The molecule has 4 aliphatic rings. The highest BCUT2D eigenvalue weighted by Crippen LogP contribution is 2.37. The summed E-state index contributed by atoms with van der Waals surface area (Å²) in [7, 11) is 0. The Kier molecular flexibility index (Phi) is 19.5. The van der Waals surface area contributed by atoms with Gasteiger partial charge in [0.05, 0.1) is 31.5 Å². The van der Waals surface area contributed by atoms with Gasteiger partial charge in [0.1, 0.15) is 92.9 Å². The molecule has 0 radical (unpaired) electrons. The van der Waals surface area contributed by atoms with Gasteiger partial charge in [0, 0.05) is 0 Å². The molecule has 1 unspecified atom stereocenters. The largest absolute Gasteiger partial charge is 0.445 e. The monoisotopic (exact) mass is 1020 g/mol. The smallest absolute Gasteiger partial charge is 0.407 e. The summed E-state index contributed by atoms with van der Waals surface area (Å²) in [5.41, 5.74) is 2.00. The van der Waals surface area contributed by atoms with E-state index in [1.165, 1.54) is 0 Å². The number of carbonyl (C=O) groups excluding carboxylic acids is 3. The lowest BCUT2D eigenvalue weighted by Crippen LogP contribution is -2.67. The van der Waals surface area contributed by atoms with Crippen molar-refractivity contribution >= 4 is 18.3 Å². The third-order valence-corrected chi connectivity index (χ3v) is 13.1. The average molecular weight is 1020 g/mol. The van der Waals surface area contributed by atoms with Gasteiger partial charge in [0.25, 0.3) is 0 Å². The van der Waals surface area contributed by atoms with Crippen LogP contribution in [0.15, 0.2) is 91.0 Å². The third-order valence-electron chi connectivity index (χ3n) is 13.1. The van der Waals surface area contributed by atoms with Crippen LogP contribution in [0.25, 0.3) is 0 Å². The fourth-order valence-corrected chi connectivity index (χ4v) is 9.14. The molecule has 3 amide bonds. The first kappa shape index (κ1) is 54.7. The Hall–Kier alpha value is -5.09. The Balaban J connectivity index is 1.11. The Morgan fingerprint density at radius 2 is 0.903 bits per heavy atom. The molecule has 396 valence electrons. The number of aliphatic hydroxyl groups is 8. The molecule has 4 fully saturated rings. The summed E-state index contributed by atoms with van der Waals surface area (Å²) in [5.74, 6) is -0.717. The lowest BCUT2D eigenvalue weighted by atomic mass is 9.80. The first-order valence-electron chi connectivity index (χ1n) is 23.8. The van der Waals surface area contributed by atoms with Gasteiger partial charge in [-0.2, -0.15) is 0 Å². The second-order valence-electron chi connectivity index (χ2n) is 18.1. The molecule has 3 saturated heterocycles. The van der Waals surface area contributed by atoms with E-state index >= 15 is 0 Å². The number of nitrogens with one attached hydrogen (secondary N) is 3. The van der Waals surface area contributed by atoms with Crippen molar-refractivity contribution in [3.63, 3.8) is 0 Å². The van der Waals surface area contributed by atoms with Crippen molar-refractivity contribution in [3.05, 3.63) is 108 Å². The molecule has 11 N–H and O–H groups in total. The maximum Gasteiger partial charge on any atom is 0.407 e. The number of ether oxygens (including phenoxy) is 9. The molecule has 3 aromatic carbocycles. The minimum Gasteiger partial charge on any atom is -0.445 e. The number of carbonyl (C=O) groups is 3. The fourth-order valence-electron chi connectivity index (χ4n) is 9.14. The molecule has 7 rings (SSSR count).